The van der Waals surface area contributed by atoms with Crippen LogP contribution in [0.3, 0.4) is 0 Å². The molecule has 3 nitrogen and oxygen atoms in total. The summed E-state index contributed by atoms with van der Waals surface area (Å²) in [5.41, 5.74) is 2.37. The van der Waals surface area contributed by atoms with Gasteiger partial charge in [-0.2, -0.15) is 0 Å². The Morgan fingerprint density at radius 1 is 1.31 bits per heavy atom. The van der Waals surface area contributed by atoms with Crippen molar-refractivity contribution in [3.63, 3.8) is 0 Å². The zero-order valence-electron chi connectivity index (χ0n) is 10.2. The summed E-state index contributed by atoms with van der Waals surface area (Å²) < 4.78 is 0. The van der Waals surface area contributed by atoms with Crippen LogP contribution in [0, 0.1) is 12.8 Å². The summed E-state index contributed by atoms with van der Waals surface area (Å²) in [5.74, 6) is 0.102. The molecule has 0 fully saturated rings. The van der Waals surface area contributed by atoms with E-state index in [9.17, 15) is 4.79 Å². The quantitative estimate of drug-likeness (QED) is 0.789. The van der Waals surface area contributed by atoms with Gasteiger partial charge in [-0.3, -0.25) is 4.79 Å². The Morgan fingerprint density at radius 3 is 2.50 bits per heavy atom. The molecule has 1 amide bonds. The van der Waals surface area contributed by atoms with E-state index in [4.69, 9.17) is 0 Å². The first-order valence-electron chi connectivity index (χ1n) is 5.61. The van der Waals surface area contributed by atoms with E-state index in [1.807, 2.05) is 26.1 Å². The predicted molar refractivity (Wildman–Crippen MR) is 66.1 cm³/mol. The highest BCUT2D eigenvalue weighted by atomic mass is 16.1. The van der Waals surface area contributed by atoms with E-state index in [0.29, 0.717) is 13.1 Å². The van der Waals surface area contributed by atoms with Crippen LogP contribution in [0.5, 0.6) is 0 Å². The smallest absolute Gasteiger partial charge is 0.224 e. The maximum atomic E-state index is 11.6. The van der Waals surface area contributed by atoms with E-state index < -0.39 is 0 Å². The Bertz CT molecular complexity index is 332. The van der Waals surface area contributed by atoms with Gasteiger partial charge in [-0.25, -0.2) is 0 Å². The third kappa shape index (κ3) is 4.03. The van der Waals surface area contributed by atoms with Crippen molar-refractivity contribution in [2.24, 2.45) is 5.92 Å². The predicted octanol–water partition coefficient (Wildman–Crippen LogP) is 1.47. The average molecular weight is 220 g/mol. The standard InChI is InChI=1S/C13H20N2O/c1-10-4-6-12(7-5-10)9-15-13(16)11(2)8-14-3/h4-7,11,14H,8-9H2,1-3H3,(H,15,16). The number of hydrogen-bond donors (Lipinski definition) is 2. The Kier molecular flexibility index (Phi) is 4.99. The van der Waals surface area contributed by atoms with Gasteiger partial charge in [0.15, 0.2) is 0 Å². The fourth-order valence-corrected chi connectivity index (χ4v) is 1.47. The molecule has 0 saturated heterocycles. The lowest BCUT2D eigenvalue weighted by molar-refractivity contribution is -0.124. The largest absolute Gasteiger partial charge is 0.352 e. The van der Waals surface area contributed by atoms with Gasteiger partial charge in [-0.1, -0.05) is 36.8 Å². The SMILES string of the molecule is CNCC(C)C(=O)NCc1ccc(C)cc1. The molecule has 0 aliphatic rings. The highest BCUT2D eigenvalue weighted by Gasteiger charge is 2.10. The first-order chi connectivity index (χ1) is 7.63. The molecule has 1 rings (SSSR count). The Balaban J connectivity index is 2.39. The van der Waals surface area contributed by atoms with Crippen LogP contribution in [0.2, 0.25) is 0 Å². The van der Waals surface area contributed by atoms with Gasteiger partial charge in [0, 0.05) is 19.0 Å². The van der Waals surface area contributed by atoms with E-state index in [0.717, 1.165) is 5.56 Å². The monoisotopic (exact) mass is 220 g/mol. The molecular formula is C13H20N2O. The van der Waals surface area contributed by atoms with E-state index in [1.165, 1.54) is 5.56 Å². The van der Waals surface area contributed by atoms with Crippen molar-refractivity contribution in [2.45, 2.75) is 20.4 Å². The summed E-state index contributed by atoms with van der Waals surface area (Å²) in [7, 11) is 1.85. The Morgan fingerprint density at radius 2 is 1.94 bits per heavy atom. The van der Waals surface area contributed by atoms with Crippen molar-refractivity contribution in [3.05, 3.63) is 35.4 Å². The lowest BCUT2D eigenvalue weighted by Crippen LogP contribution is -2.33. The number of hydrogen-bond acceptors (Lipinski definition) is 2. The third-order valence-electron chi connectivity index (χ3n) is 2.55. The normalized spacial score (nSPS) is 12.2. The molecule has 3 heteroatoms. The van der Waals surface area contributed by atoms with Gasteiger partial charge in [0.1, 0.15) is 0 Å². The van der Waals surface area contributed by atoms with Crippen LogP contribution in [0.15, 0.2) is 24.3 Å². The maximum absolute atomic E-state index is 11.6. The molecule has 0 aliphatic carbocycles. The number of aryl methyl sites for hydroxylation is 1. The van der Waals surface area contributed by atoms with Crippen molar-refractivity contribution >= 4 is 5.91 Å². The number of rotatable bonds is 5. The van der Waals surface area contributed by atoms with Gasteiger partial charge in [0.2, 0.25) is 5.91 Å². The van der Waals surface area contributed by atoms with Gasteiger partial charge < -0.3 is 10.6 Å². The Hall–Kier alpha value is -1.35. The van der Waals surface area contributed by atoms with Crippen LogP contribution in [-0.2, 0) is 11.3 Å². The molecule has 0 aromatic heterocycles. The fraction of sp³-hybridized carbons (Fsp3) is 0.462. The highest BCUT2D eigenvalue weighted by molar-refractivity contribution is 5.78. The molecule has 1 unspecified atom stereocenters. The second-order valence-electron chi connectivity index (χ2n) is 4.16. The van der Waals surface area contributed by atoms with E-state index in [1.54, 1.807) is 0 Å². The molecule has 2 N–H and O–H groups in total. The minimum Gasteiger partial charge on any atom is -0.352 e. The topological polar surface area (TPSA) is 41.1 Å². The molecule has 1 aromatic rings. The van der Waals surface area contributed by atoms with E-state index in [2.05, 4.69) is 29.7 Å². The minimum atomic E-state index is 0.00967. The van der Waals surface area contributed by atoms with Crippen LogP contribution in [0.25, 0.3) is 0 Å². The zero-order valence-corrected chi connectivity index (χ0v) is 10.2. The zero-order chi connectivity index (χ0) is 12.0. The summed E-state index contributed by atoms with van der Waals surface area (Å²) >= 11 is 0. The molecule has 0 bridgehead atoms. The fourth-order valence-electron chi connectivity index (χ4n) is 1.47. The summed E-state index contributed by atoms with van der Waals surface area (Å²) in [4.78, 5) is 11.6. The molecule has 1 atom stereocenters. The van der Waals surface area contributed by atoms with E-state index in [-0.39, 0.29) is 11.8 Å². The summed E-state index contributed by atoms with van der Waals surface area (Å²) in [5, 5.41) is 5.92. The number of carbonyl (C=O) groups excluding carboxylic acids is 1. The summed E-state index contributed by atoms with van der Waals surface area (Å²) in [6, 6.07) is 8.19. The molecular weight excluding hydrogens is 200 g/mol. The van der Waals surface area contributed by atoms with E-state index >= 15 is 0 Å². The summed E-state index contributed by atoms with van der Waals surface area (Å²) in [6.07, 6.45) is 0. The van der Waals surface area contributed by atoms with Crippen LogP contribution < -0.4 is 10.6 Å². The van der Waals surface area contributed by atoms with Crippen molar-refractivity contribution in [2.75, 3.05) is 13.6 Å². The third-order valence-corrected chi connectivity index (χ3v) is 2.55. The molecule has 0 radical (unpaired) electrons. The van der Waals surface area contributed by atoms with Gasteiger partial charge in [-0.05, 0) is 19.5 Å². The number of nitrogens with one attached hydrogen (secondary N) is 2. The maximum Gasteiger partial charge on any atom is 0.224 e. The van der Waals surface area contributed by atoms with Crippen molar-refractivity contribution in [3.8, 4) is 0 Å². The van der Waals surface area contributed by atoms with Gasteiger partial charge >= 0.3 is 0 Å². The second kappa shape index (κ2) is 6.28. The number of amides is 1. The molecule has 0 heterocycles. The lowest BCUT2D eigenvalue weighted by atomic mass is 10.1. The molecule has 88 valence electrons. The van der Waals surface area contributed by atoms with Crippen LogP contribution in [0.4, 0.5) is 0 Å². The van der Waals surface area contributed by atoms with Crippen LogP contribution in [0.1, 0.15) is 18.1 Å². The van der Waals surface area contributed by atoms with Crippen molar-refractivity contribution in [1.29, 1.82) is 0 Å². The van der Waals surface area contributed by atoms with Crippen LogP contribution >= 0.6 is 0 Å². The number of carbonyl (C=O) groups is 1. The molecule has 1 aromatic carbocycles. The van der Waals surface area contributed by atoms with Crippen LogP contribution in [-0.4, -0.2) is 19.5 Å². The number of benzene rings is 1. The van der Waals surface area contributed by atoms with Crippen molar-refractivity contribution in [1.82, 2.24) is 10.6 Å². The van der Waals surface area contributed by atoms with Gasteiger partial charge in [0.05, 0.1) is 0 Å². The van der Waals surface area contributed by atoms with Gasteiger partial charge in [-0.15, -0.1) is 0 Å². The first-order valence-corrected chi connectivity index (χ1v) is 5.61. The van der Waals surface area contributed by atoms with Crippen molar-refractivity contribution < 1.29 is 4.79 Å². The molecule has 16 heavy (non-hydrogen) atoms. The minimum absolute atomic E-state index is 0.00967. The first kappa shape index (κ1) is 12.7. The highest BCUT2D eigenvalue weighted by Crippen LogP contribution is 2.03. The van der Waals surface area contributed by atoms with Gasteiger partial charge in [0.25, 0.3) is 0 Å². The second-order valence-corrected chi connectivity index (χ2v) is 4.16. The lowest BCUT2D eigenvalue weighted by Gasteiger charge is -2.11. The molecule has 0 aliphatic heterocycles. The molecule has 0 saturated carbocycles. The summed E-state index contributed by atoms with van der Waals surface area (Å²) in [6.45, 7) is 5.28. The Labute approximate surface area is 97.2 Å². The average Bonchev–Trinajstić information content (AvgIpc) is 2.28. The molecule has 0 spiro atoms.